The van der Waals surface area contributed by atoms with E-state index in [2.05, 4.69) is 25.7 Å². The minimum atomic E-state index is -0.252. The molecule has 0 aliphatic rings. The number of fused-ring (bicyclic) bond motifs is 1. The lowest BCUT2D eigenvalue weighted by Crippen LogP contribution is -2.21. The van der Waals surface area contributed by atoms with Gasteiger partial charge in [-0.25, -0.2) is 0 Å². The van der Waals surface area contributed by atoms with E-state index in [1.54, 1.807) is 17.6 Å². The van der Waals surface area contributed by atoms with Gasteiger partial charge in [0.15, 0.2) is 17.3 Å². The van der Waals surface area contributed by atoms with E-state index in [-0.39, 0.29) is 12.5 Å². The van der Waals surface area contributed by atoms with Gasteiger partial charge in [-0.15, -0.1) is 10.2 Å². The molecule has 0 spiro atoms. The maximum atomic E-state index is 12.2. The number of aromatic nitrogens is 5. The Kier molecular flexibility index (Phi) is 5.51. The van der Waals surface area contributed by atoms with Crippen molar-refractivity contribution >= 4 is 17.6 Å². The predicted octanol–water partition coefficient (Wildman–Crippen LogP) is 2.68. The van der Waals surface area contributed by atoms with Crippen LogP contribution in [-0.2, 0) is 17.8 Å². The van der Waals surface area contributed by atoms with Gasteiger partial charge < -0.3 is 14.6 Å². The molecule has 0 aliphatic carbocycles. The Morgan fingerprint density at radius 2 is 2.10 bits per heavy atom. The molecule has 0 saturated carbocycles. The maximum absolute atomic E-state index is 12.2. The average Bonchev–Trinajstić information content (AvgIpc) is 3.43. The molecule has 0 saturated heterocycles. The first-order valence-corrected chi connectivity index (χ1v) is 9.44. The fourth-order valence-electron chi connectivity index (χ4n) is 2.95. The van der Waals surface area contributed by atoms with Crippen molar-refractivity contribution < 1.29 is 14.1 Å². The normalized spacial score (nSPS) is 11.3. The minimum absolute atomic E-state index is 0.212. The number of nitrogens with one attached hydrogen (secondary N) is 1. The summed E-state index contributed by atoms with van der Waals surface area (Å²) in [6.07, 6.45) is 5.66. The molecule has 4 rings (SSSR count). The zero-order valence-corrected chi connectivity index (χ0v) is 16.6. The smallest absolute Gasteiger partial charge is 0.261 e. The summed E-state index contributed by atoms with van der Waals surface area (Å²) < 4.78 is 12.4. The highest BCUT2D eigenvalue weighted by atomic mass is 16.5. The van der Waals surface area contributed by atoms with Crippen LogP contribution in [0.15, 0.2) is 53.2 Å². The van der Waals surface area contributed by atoms with Crippen LogP contribution in [0.5, 0.6) is 5.75 Å². The van der Waals surface area contributed by atoms with Gasteiger partial charge >= 0.3 is 0 Å². The van der Waals surface area contributed by atoms with Gasteiger partial charge in [-0.3, -0.25) is 9.20 Å². The fourth-order valence-corrected chi connectivity index (χ4v) is 2.95. The Bertz CT molecular complexity index is 1210. The monoisotopic (exact) mass is 404 g/mol. The summed E-state index contributed by atoms with van der Waals surface area (Å²) in [6, 6.07) is 11.1. The van der Waals surface area contributed by atoms with Crippen molar-refractivity contribution in [1.29, 1.82) is 0 Å². The molecule has 3 heterocycles. The van der Waals surface area contributed by atoms with Crippen LogP contribution in [0.4, 0.5) is 0 Å². The standard InChI is InChI=1S/C21H20N6O3/c1-3-17-23-21(30-26-17)15-8-6-12-27-18(24-25-20(15)27)13-22-19(28)11-10-14-7-4-5-9-16(14)29-2/h4-12H,3,13H2,1-2H3,(H,22,28)/b11-10+. The number of nitrogens with zero attached hydrogens (tertiary/aromatic N) is 5. The molecule has 3 aromatic heterocycles. The number of carbonyl (C=O) groups excluding carboxylic acids is 1. The number of hydrogen-bond acceptors (Lipinski definition) is 7. The molecule has 0 aliphatic heterocycles. The number of rotatable bonds is 7. The van der Waals surface area contributed by atoms with Crippen LogP contribution in [-0.4, -0.2) is 37.8 Å². The second-order valence-electron chi connectivity index (χ2n) is 6.39. The molecule has 0 bridgehead atoms. The molecule has 9 heteroatoms. The zero-order valence-electron chi connectivity index (χ0n) is 16.6. The predicted molar refractivity (Wildman–Crippen MR) is 110 cm³/mol. The Balaban J connectivity index is 1.49. The van der Waals surface area contributed by atoms with Crippen molar-refractivity contribution in [3.8, 4) is 17.2 Å². The van der Waals surface area contributed by atoms with E-state index < -0.39 is 0 Å². The molecule has 0 radical (unpaired) electrons. The third-order valence-electron chi connectivity index (χ3n) is 4.49. The molecule has 152 valence electrons. The molecular weight excluding hydrogens is 384 g/mol. The Morgan fingerprint density at radius 3 is 2.90 bits per heavy atom. The van der Waals surface area contributed by atoms with Crippen LogP contribution in [0.2, 0.25) is 0 Å². The number of aryl methyl sites for hydroxylation is 1. The Morgan fingerprint density at radius 1 is 1.23 bits per heavy atom. The van der Waals surface area contributed by atoms with Gasteiger partial charge in [-0.2, -0.15) is 4.98 Å². The van der Waals surface area contributed by atoms with E-state index in [9.17, 15) is 4.79 Å². The quantitative estimate of drug-likeness (QED) is 0.472. The molecule has 1 amide bonds. The lowest BCUT2D eigenvalue weighted by molar-refractivity contribution is -0.116. The number of carbonyl (C=O) groups is 1. The first kappa shape index (κ1) is 19.3. The first-order chi connectivity index (χ1) is 14.7. The molecule has 9 nitrogen and oxygen atoms in total. The van der Waals surface area contributed by atoms with E-state index in [1.807, 2.05) is 49.5 Å². The number of hydrogen-bond donors (Lipinski definition) is 1. The van der Waals surface area contributed by atoms with Gasteiger partial charge in [0.2, 0.25) is 5.91 Å². The summed E-state index contributed by atoms with van der Waals surface area (Å²) in [7, 11) is 1.59. The van der Waals surface area contributed by atoms with Crippen molar-refractivity contribution in [3.63, 3.8) is 0 Å². The molecule has 0 unspecified atom stereocenters. The molecule has 1 N–H and O–H groups in total. The molecule has 1 aromatic carbocycles. The van der Waals surface area contributed by atoms with E-state index in [1.165, 1.54) is 6.08 Å². The van der Waals surface area contributed by atoms with Crippen molar-refractivity contribution in [2.45, 2.75) is 19.9 Å². The number of ether oxygens (including phenoxy) is 1. The summed E-state index contributed by atoms with van der Waals surface area (Å²) >= 11 is 0. The Labute approximate surface area is 172 Å². The number of pyridine rings is 1. The van der Waals surface area contributed by atoms with Gasteiger partial charge in [0, 0.05) is 24.3 Å². The van der Waals surface area contributed by atoms with Crippen molar-refractivity contribution in [3.05, 3.63) is 65.9 Å². The molecule has 0 atom stereocenters. The summed E-state index contributed by atoms with van der Waals surface area (Å²) in [5.74, 6) is 2.05. The van der Waals surface area contributed by atoms with E-state index >= 15 is 0 Å². The lowest BCUT2D eigenvalue weighted by atomic mass is 10.2. The maximum Gasteiger partial charge on any atom is 0.261 e. The highest BCUT2D eigenvalue weighted by Crippen LogP contribution is 2.22. The minimum Gasteiger partial charge on any atom is -0.496 e. The highest BCUT2D eigenvalue weighted by molar-refractivity contribution is 5.92. The average molecular weight is 404 g/mol. The third-order valence-corrected chi connectivity index (χ3v) is 4.49. The summed E-state index contributed by atoms with van der Waals surface area (Å²) in [5.41, 5.74) is 2.09. The summed E-state index contributed by atoms with van der Waals surface area (Å²) in [5, 5.41) is 15.2. The van der Waals surface area contributed by atoms with Crippen molar-refractivity contribution in [2.24, 2.45) is 0 Å². The SMILES string of the molecule is CCc1noc(-c2cccn3c(CNC(=O)/C=C/c4ccccc4OC)nnc23)n1. The lowest BCUT2D eigenvalue weighted by Gasteiger charge is -2.04. The number of para-hydroxylation sites is 1. The van der Waals surface area contributed by atoms with Gasteiger partial charge in [0.05, 0.1) is 19.2 Å². The summed E-state index contributed by atoms with van der Waals surface area (Å²) in [4.78, 5) is 16.6. The summed E-state index contributed by atoms with van der Waals surface area (Å²) in [6.45, 7) is 2.17. The second kappa shape index (κ2) is 8.56. The zero-order chi connectivity index (χ0) is 20.9. The third kappa shape index (κ3) is 3.90. The Hall–Kier alpha value is -4.01. The number of methoxy groups -OCH3 is 1. The van der Waals surface area contributed by atoms with Crippen LogP contribution in [0, 0.1) is 0 Å². The van der Waals surface area contributed by atoms with Gasteiger partial charge in [0.1, 0.15) is 5.75 Å². The molecular formula is C21H20N6O3. The number of amides is 1. The molecule has 4 aromatic rings. The van der Waals surface area contributed by atoms with Crippen LogP contribution >= 0.6 is 0 Å². The van der Waals surface area contributed by atoms with E-state index in [0.717, 1.165) is 5.56 Å². The first-order valence-electron chi connectivity index (χ1n) is 9.44. The highest BCUT2D eigenvalue weighted by Gasteiger charge is 2.15. The molecule has 30 heavy (non-hydrogen) atoms. The second-order valence-corrected chi connectivity index (χ2v) is 6.39. The van der Waals surface area contributed by atoms with Crippen LogP contribution in [0.1, 0.15) is 24.1 Å². The van der Waals surface area contributed by atoms with Gasteiger partial charge in [0.25, 0.3) is 5.89 Å². The molecule has 0 fully saturated rings. The largest absolute Gasteiger partial charge is 0.496 e. The topological polar surface area (TPSA) is 107 Å². The van der Waals surface area contributed by atoms with Crippen LogP contribution < -0.4 is 10.1 Å². The van der Waals surface area contributed by atoms with Gasteiger partial charge in [-0.05, 0) is 24.3 Å². The van der Waals surface area contributed by atoms with Crippen LogP contribution in [0.3, 0.4) is 0 Å². The van der Waals surface area contributed by atoms with E-state index in [4.69, 9.17) is 9.26 Å². The van der Waals surface area contributed by atoms with Gasteiger partial charge in [-0.1, -0.05) is 30.3 Å². The van der Waals surface area contributed by atoms with Crippen molar-refractivity contribution in [1.82, 2.24) is 30.1 Å². The van der Waals surface area contributed by atoms with Crippen molar-refractivity contribution in [2.75, 3.05) is 7.11 Å². The van der Waals surface area contributed by atoms with Crippen LogP contribution in [0.25, 0.3) is 23.2 Å². The fraction of sp³-hybridized carbons (Fsp3) is 0.190. The number of benzene rings is 1. The van der Waals surface area contributed by atoms with E-state index in [0.29, 0.717) is 40.9 Å².